The molecule has 2 aromatic carbocycles. The molecule has 1 aliphatic carbocycles. The summed E-state index contributed by atoms with van der Waals surface area (Å²) in [6.07, 6.45) is 0.886. The van der Waals surface area contributed by atoms with Crippen molar-refractivity contribution in [2.24, 2.45) is 5.41 Å². The Balaban J connectivity index is 1.81. The van der Waals surface area contributed by atoms with Crippen molar-refractivity contribution in [2.45, 2.75) is 32.2 Å². The summed E-state index contributed by atoms with van der Waals surface area (Å²) in [4.78, 5) is 41.7. The van der Waals surface area contributed by atoms with Crippen LogP contribution in [0.5, 0.6) is 0 Å². The van der Waals surface area contributed by atoms with Crippen molar-refractivity contribution in [1.82, 2.24) is 5.32 Å². The van der Waals surface area contributed by atoms with Crippen LogP contribution in [0.25, 0.3) is 0 Å². The van der Waals surface area contributed by atoms with E-state index in [9.17, 15) is 14.4 Å². The summed E-state index contributed by atoms with van der Waals surface area (Å²) in [5, 5.41) is 3.27. The van der Waals surface area contributed by atoms with E-state index in [-0.39, 0.29) is 17.1 Å². The van der Waals surface area contributed by atoms with Gasteiger partial charge in [-0.05, 0) is 36.1 Å². The molecule has 5 rings (SSSR count). The molecule has 1 atom stereocenters. The molecule has 2 aliphatic heterocycles. The van der Waals surface area contributed by atoms with Crippen LogP contribution in [0.4, 0.5) is 5.69 Å². The number of ketones is 1. The molecule has 1 unspecified atom stereocenters. The number of Topliss-reactive ketones (excluding diaryl/α,β-unsaturated/α-hetero) is 1. The highest BCUT2D eigenvalue weighted by atomic mass is 35.5. The second kappa shape index (κ2) is 5.80. The van der Waals surface area contributed by atoms with Gasteiger partial charge in [-0.2, -0.15) is 0 Å². The van der Waals surface area contributed by atoms with E-state index in [1.807, 2.05) is 44.2 Å². The van der Waals surface area contributed by atoms with E-state index in [1.165, 1.54) is 0 Å². The molecule has 1 N–H and O–H groups in total. The highest BCUT2D eigenvalue weighted by molar-refractivity contribution is 6.31. The maximum Gasteiger partial charge on any atom is 0.266 e. The summed E-state index contributed by atoms with van der Waals surface area (Å²) in [7, 11) is 0. The normalized spacial score (nSPS) is 24.8. The molecule has 2 heterocycles. The molecule has 0 radical (unpaired) electrons. The number of allylic oxidation sites excluding steroid dienone is 1. The predicted octanol–water partition coefficient (Wildman–Crippen LogP) is 3.97. The molecule has 146 valence electrons. The summed E-state index contributed by atoms with van der Waals surface area (Å²) in [5.41, 5.74) is 0.812. The Labute approximate surface area is 173 Å². The van der Waals surface area contributed by atoms with Gasteiger partial charge in [0.1, 0.15) is 0 Å². The zero-order chi connectivity index (χ0) is 20.6. The topological polar surface area (TPSA) is 66.5 Å². The van der Waals surface area contributed by atoms with Crippen molar-refractivity contribution < 1.29 is 14.4 Å². The predicted molar refractivity (Wildman–Crippen MR) is 110 cm³/mol. The Bertz CT molecular complexity index is 1140. The fraction of sp³-hybridized carbons (Fsp3) is 0.261. The number of benzene rings is 2. The molecule has 2 amide bonds. The van der Waals surface area contributed by atoms with E-state index in [0.29, 0.717) is 45.9 Å². The Hall–Kier alpha value is -2.92. The first-order valence-corrected chi connectivity index (χ1v) is 9.91. The fourth-order valence-corrected chi connectivity index (χ4v) is 5.03. The van der Waals surface area contributed by atoms with E-state index in [4.69, 9.17) is 11.6 Å². The molecule has 2 aromatic rings. The van der Waals surface area contributed by atoms with Crippen LogP contribution in [-0.4, -0.2) is 17.6 Å². The molecule has 3 aliphatic rings. The molecule has 0 aromatic heterocycles. The number of rotatable bonds is 1. The average molecular weight is 407 g/mol. The number of hydrogen-bond acceptors (Lipinski definition) is 3. The van der Waals surface area contributed by atoms with Crippen molar-refractivity contribution in [3.05, 3.63) is 76.0 Å². The van der Waals surface area contributed by atoms with Gasteiger partial charge >= 0.3 is 0 Å². The van der Waals surface area contributed by atoms with Gasteiger partial charge in [-0.25, -0.2) is 0 Å². The number of carbonyl (C=O) groups is 3. The lowest BCUT2D eigenvalue weighted by atomic mass is 9.71. The first-order valence-electron chi connectivity index (χ1n) is 9.54. The van der Waals surface area contributed by atoms with Gasteiger partial charge in [-0.1, -0.05) is 49.7 Å². The van der Waals surface area contributed by atoms with E-state index < -0.39 is 11.4 Å². The van der Waals surface area contributed by atoms with Gasteiger partial charge in [-0.3, -0.25) is 19.3 Å². The number of amides is 2. The van der Waals surface area contributed by atoms with Crippen LogP contribution in [0.15, 0.2) is 59.8 Å². The van der Waals surface area contributed by atoms with Crippen LogP contribution in [0.3, 0.4) is 0 Å². The average Bonchev–Trinajstić information content (AvgIpc) is 3.07. The van der Waals surface area contributed by atoms with Crippen LogP contribution in [-0.2, 0) is 15.1 Å². The number of halogens is 1. The number of para-hydroxylation sites is 1. The number of nitrogens with zero attached hydrogens (tertiary/aromatic N) is 1. The third kappa shape index (κ3) is 2.37. The molecule has 0 saturated carbocycles. The van der Waals surface area contributed by atoms with Crippen LogP contribution in [0.2, 0.25) is 5.02 Å². The van der Waals surface area contributed by atoms with E-state index in [0.717, 1.165) is 0 Å². The van der Waals surface area contributed by atoms with Gasteiger partial charge in [0, 0.05) is 34.0 Å². The minimum Gasteiger partial charge on any atom is -0.330 e. The summed E-state index contributed by atoms with van der Waals surface area (Å²) < 4.78 is 0. The standard InChI is InChI=1S/C23H19ClN2O3/c1-22(2)11-17-19(18(27)12-22)23(21(29)26(17)14-6-4-3-5-7-14)16-9-8-13(24)10-15(16)20(28)25-23/h3-10H,11-12H2,1-2H3,(H,25,28). The third-order valence-corrected chi connectivity index (χ3v) is 6.20. The molecule has 5 nitrogen and oxygen atoms in total. The lowest BCUT2D eigenvalue weighted by Gasteiger charge is -2.33. The van der Waals surface area contributed by atoms with Crippen molar-refractivity contribution in [1.29, 1.82) is 0 Å². The summed E-state index contributed by atoms with van der Waals surface area (Å²) in [6, 6.07) is 14.1. The summed E-state index contributed by atoms with van der Waals surface area (Å²) in [5.74, 6) is -0.824. The monoisotopic (exact) mass is 406 g/mol. The van der Waals surface area contributed by atoms with Gasteiger partial charge in [0.2, 0.25) is 0 Å². The molecule has 29 heavy (non-hydrogen) atoms. The van der Waals surface area contributed by atoms with Gasteiger partial charge in [0.15, 0.2) is 11.3 Å². The summed E-state index contributed by atoms with van der Waals surface area (Å²) >= 11 is 6.09. The SMILES string of the molecule is CC1(C)CC(=O)C2=C(C1)N(c1ccccc1)C(=O)C21NC(=O)c2cc(Cl)ccc21. The fourth-order valence-electron chi connectivity index (χ4n) is 4.85. The molecule has 0 bridgehead atoms. The maximum atomic E-state index is 13.9. The maximum absolute atomic E-state index is 13.9. The van der Waals surface area contributed by atoms with Crippen LogP contribution in [0, 0.1) is 5.41 Å². The lowest BCUT2D eigenvalue weighted by molar-refractivity contribution is -0.124. The largest absolute Gasteiger partial charge is 0.330 e. The van der Waals surface area contributed by atoms with Gasteiger partial charge in [-0.15, -0.1) is 0 Å². The third-order valence-electron chi connectivity index (χ3n) is 5.97. The first kappa shape index (κ1) is 18.1. The zero-order valence-corrected chi connectivity index (χ0v) is 16.8. The molecular weight excluding hydrogens is 388 g/mol. The highest BCUT2D eigenvalue weighted by Gasteiger charge is 2.63. The smallest absolute Gasteiger partial charge is 0.266 e. The van der Waals surface area contributed by atoms with Crippen LogP contribution in [0.1, 0.15) is 42.6 Å². The number of carbonyl (C=O) groups excluding carboxylic acids is 3. The van der Waals surface area contributed by atoms with Gasteiger partial charge < -0.3 is 5.32 Å². The minimum absolute atomic E-state index is 0.105. The number of anilines is 1. The molecule has 1 spiro atoms. The number of nitrogens with one attached hydrogen (secondary N) is 1. The van der Waals surface area contributed by atoms with Crippen molar-refractivity contribution >= 4 is 34.9 Å². The summed E-state index contributed by atoms with van der Waals surface area (Å²) in [6.45, 7) is 4.04. The Kier molecular flexibility index (Phi) is 3.63. The second-order valence-electron chi connectivity index (χ2n) is 8.63. The van der Waals surface area contributed by atoms with Crippen molar-refractivity contribution in [3.8, 4) is 0 Å². The van der Waals surface area contributed by atoms with Crippen LogP contribution >= 0.6 is 11.6 Å². The van der Waals surface area contributed by atoms with Crippen molar-refractivity contribution in [3.63, 3.8) is 0 Å². The van der Waals surface area contributed by atoms with Gasteiger partial charge in [0.25, 0.3) is 11.8 Å². The van der Waals surface area contributed by atoms with E-state index in [1.54, 1.807) is 23.1 Å². The van der Waals surface area contributed by atoms with E-state index in [2.05, 4.69) is 5.32 Å². The number of hydrogen-bond donors (Lipinski definition) is 1. The van der Waals surface area contributed by atoms with E-state index >= 15 is 0 Å². The Morgan fingerprint density at radius 1 is 1.00 bits per heavy atom. The Morgan fingerprint density at radius 3 is 2.45 bits per heavy atom. The zero-order valence-electron chi connectivity index (χ0n) is 16.1. The lowest BCUT2D eigenvalue weighted by Crippen LogP contribution is -2.50. The molecular formula is C23H19ClN2O3. The minimum atomic E-state index is -1.49. The molecule has 0 saturated heterocycles. The molecule has 6 heteroatoms. The first-order chi connectivity index (χ1) is 13.7. The number of fused-ring (bicyclic) bond motifs is 3. The van der Waals surface area contributed by atoms with Gasteiger partial charge in [0.05, 0.1) is 5.57 Å². The molecule has 0 fully saturated rings. The van der Waals surface area contributed by atoms with Crippen molar-refractivity contribution in [2.75, 3.05) is 4.90 Å². The Morgan fingerprint density at radius 2 is 1.72 bits per heavy atom. The second-order valence-corrected chi connectivity index (χ2v) is 9.07. The quantitative estimate of drug-likeness (QED) is 0.779. The highest BCUT2D eigenvalue weighted by Crippen LogP contribution is 2.53. The van der Waals surface area contributed by atoms with Crippen LogP contribution < -0.4 is 10.2 Å².